The number of likely N-dealkylation sites (N-methyl/N-ethyl adjacent to an activating group) is 2. The van der Waals surface area contributed by atoms with Gasteiger partial charge in [0.15, 0.2) is 0 Å². The number of hydrogen-bond donors (Lipinski definition) is 0. The van der Waals surface area contributed by atoms with Gasteiger partial charge in [-0.05, 0) is 56.5 Å². The van der Waals surface area contributed by atoms with Crippen LogP contribution in [-0.2, 0) is 7.05 Å². The van der Waals surface area contributed by atoms with Gasteiger partial charge in [0.1, 0.15) is 24.7 Å². The summed E-state index contributed by atoms with van der Waals surface area (Å²) < 4.78 is 14.3. The van der Waals surface area contributed by atoms with Gasteiger partial charge in [-0.25, -0.2) is 0 Å². The third kappa shape index (κ3) is 5.08. The van der Waals surface area contributed by atoms with Crippen LogP contribution in [0.5, 0.6) is 11.5 Å². The highest BCUT2D eigenvalue weighted by atomic mass is 16.5. The van der Waals surface area contributed by atoms with Crippen LogP contribution in [0, 0.1) is 0 Å². The van der Waals surface area contributed by atoms with Crippen LogP contribution in [0.2, 0.25) is 0 Å². The number of ether oxygens (including phenoxy) is 2. The van der Waals surface area contributed by atoms with E-state index < -0.39 is 0 Å². The van der Waals surface area contributed by atoms with Crippen molar-refractivity contribution in [1.29, 1.82) is 0 Å². The molecule has 5 heteroatoms. The molecule has 0 saturated carbocycles. The Hall–Kier alpha value is -2.24. The Morgan fingerprint density at radius 2 is 1.20 bits per heavy atom. The molecule has 0 N–H and O–H groups in total. The molecule has 164 valence electrons. The molecule has 0 fully saturated rings. The standard InChI is InChI=1S/C25H37N3O2/c1-6-27(7-2)14-16-29-20-11-13-24-23(18-20)22-12-10-21(19-25(22)26(24)5)30-17-15-28(8-3)9-4/h10-13,18-19H,6-9,14-17H2,1-5H3. The highest BCUT2D eigenvalue weighted by Crippen LogP contribution is 2.33. The topological polar surface area (TPSA) is 29.9 Å². The molecular formula is C25H37N3O2. The normalized spacial score (nSPS) is 11.8. The molecule has 0 amide bonds. The summed E-state index contributed by atoms with van der Waals surface area (Å²) in [6.45, 7) is 16.3. The van der Waals surface area contributed by atoms with Gasteiger partial charge in [-0.2, -0.15) is 0 Å². The van der Waals surface area contributed by atoms with Gasteiger partial charge in [0.25, 0.3) is 0 Å². The maximum Gasteiger partial charge on any atom is 0.121 e. The first-order chi connectivity index (χ1) is 14.6. The van der Waals surface area contributed by atoms with E-state index >= 15 is 0 Å². The van der Waals surface area contributed by atoms with E-state index in [1.165, 1.54) is 21.8 Å². The van der Waals surface area contributed by atoms with Crippen molar-refractivity contribution in [3.63, 3.8) is 0 Å². The molecule has 0 bridgehead atoms. The molecule has 0 spiro atoms. The van der Waals surface area contributed by atoms with Crippen LogP contribution >= 0.6 is 0 Å². The highest BCUT2D eigenvalue weighted by Gasteiger charge is 2.11. The van der Waals surface area contributed by atoms with Crippen molar-refractivity contribution in [2.75, 3.05) is 52.5 Å². The number of nitrogens with zero attached hydrogens (tertiary/aromatic N) is 3. The fraction of sp³-hybridized carbons (Fsp3) is 0.520. The lowest BCUT2D eigenvalue weighted by atomic mass is 10.1. The van der Waals surface area contributed by atoms with Crippen molar-refractivity contribution in [3.05, 3.63) is 36.4 Å². The largest absolute Gasteiger partial charge is 0.492 e. The second-order valence-corrected chi connectivity index (χ2v) is 7.67. The fourth-order valence-electron chi connectivity index (χ4n) is 4.01. The van der Waals surface area contributed by atoms with Crippen molar-refractivity contribution < 1.29 is 9.47 Å². The summed E-state index contributed by atoms with van der Waals surface area (Å²) in [5, 5.41) is 2.46. The summed E-state index contributed by atoms with van der Waals surface area (Å²) in [6.07, 6.45) is 0. The van der Waals surface area contributed by atoms with E-state index in [4.69, 9.17) is 9.47 Å². The van der Waals surface area contributed by atoms with Gasteiger partial charge >= 0.3 is 0 Å². The van der Waals surface area contributed by atoms with Crippen LogP contribution in [0.15, 0.2) is 36.4 Å². The van der Waals surface area contributed by atoms with Crippen molar-refractivity contribution in [2.45, 2.75) is 27.7 Å². The number of hydrogen-bond acceptors (Lipinski definition) is 4. The van der Waals surface area contributed by atoms with Crippen LogP contribution in [0.1, 0.15) is 27.7 Å². The summed E-state index contributed by atoms with van der Waals surface area (Å²) in [5.74, 6) is 1.86. The van der Waals surface area contributed by atoms with Gasteiger partial charge < -0.3 is 23.8 Å². The molecule has 0 unspecified atom stereocenters. The highest BCUT2D eigenvalue weighted by molar-refractivity contribution is 6.08. The maximum atomic E-state index is 6.05. The molecule has 30 heavy (non-hydrogen) atoms. The first-order valence-electron chi connectivity index (χ1n) is 11.3. The molecule has 2 aromatic carbocycles. The Kier molecular flexibility index (Phi) is 8.00. The molecule has 3 aromatic rings. The molecule has 0 atom stereocenters. The number of rotatable bonds is 12. The smallest absolute Gasteiger partial charge is 0.121 e. The lowest BCUT2D eigenvalue weighted by Crippen LogP contribution is -2.27. The zero-order valence-corrected chi connectivity index (χ0v) is 19.3. The molecule has 0 aliphatic carbocycles. The van der Waals surface area contributed by atoms with E-state index in [9.17, 15) is 0 Å². The summed E-state index contributed by atoms with van der Waals surface area (Å²) in [6, 6.07) is 12.8. The number of benzene rings is 2. The summed E-state index contributed by atoms with van der Waals surface area (Å²) in [4.78, 5) is 4.75. The zero-order chi connectivity index (χ0) is 21.5. The molecule has 5 nitrogen and oxygen atoms in total. The lowest BCUT2D eigenvalue weighted by molar-refractivity contribution is 0.223. The minimum Gasteiger partial charge on any atom is -0.492 e. The van der Waals surface area contributed by atoms with Gasteiger partial charge in [0, 0.05) is 42.5 Å². The quantitative estimate of drug-likeness (QED) is 0.429. The monoisotopic (exact) mass is 411 g/mol. The molecule has 3 rings (SSSR count). The average molecular weight is 412 g/mol. The Balaban J connectivity index is 1.75. The van der Waals surface area contributed by atoms with Crippen molar-refractivity contribution in [2.24, 2.45) is 7.05 Å². The van der Waals surface area contributed by atoms with Crippen LogP contribution in [0.4, 0.5) is 0 Å². The van der Waals surface area contributed by atoms with E-state index in [1.54, 1.807) is 0 Å². The van der Waals surface area contributed by atoms with E-state index in [0.717, 1.165) is 50.8 Å². The third-order valence-electron chi connectivity index (χ3n) is 6.09. The Morgan fingerprint density at radius 3 is 1.77 bits per heavy atom. The summed E-state index contributed by atoms with van der Waals surface area (Å²) in [7, 11) is 2.12. The molecule has 0 aliphatic heterocycles. The Morgan fingerprint density at radius 1 is 0.667 bits per heavy atom. The van der Waals surface area contributed by atoms with E-state index in [-0.39, 0.29) is 0 Å². The first kappa shape index (κ1) is 22.4. The number of aryl methyl sites for hydroxylation is 1. The van der Waals surface area contributed by atoms with Crippen LogP contribution in [0.25, 0.3) is 21.8 Å². The van der Waals surface area contributed by atoms with Crippen molar-refractivity contribution >= 4 is 21.8 Å². The lowest BCUT2D eigenvalue weighted by Gasteiger charge is -2.18. The van der Waals surface area contributed by atoms with Crippen LogP contribution in [-0.4, -0.2) is 66.8 Å². The minimum atomic E-state index is 0.710. The average Bonchev–Trinajstić information content (AvgIpc) is 3.05. The predicted octanol–water partition coefficient (Wildman–Crippen LogP) is 4.77. The molecule has 1 aromatic heterocycles. The van der Waals surface area contributed by atoms with Gasteiger partial charge in [0.2, 0.25) is 0 Å². The fourth-order valence-corrected chi connectivity index (χ4v) is 4.01. The van der Waals surface area contributed by atoms with E-state index in [1.807, 2.05) is 0 Å². The second-order valence-electron chi connectivity index (χ2n) is 7.67. The number of aromatic nitrogens is 1. The third-order valence-corrected chi connectivity index (χ3v) is 6.09. The Bertz CT molecular complexity index is 942. The molecule has 0 radical (unpaired) electrons. The van der Waals surface area contributed by atoms with Gasteiger partial charge in [-0.1, -0.05) is 27.7 Å². The molecule has 0 aliphatic rings. The van der Waals surface area contributed by atoms with Crippen LogP contribution in [0.3, 0.4) is 0 Å². The van der Waals surface area contributed by atoms with Gasteiger partial charge in [-0.3, -0.25) is 0 Å². The van der Waals surface area contributed by atoms with Crippen LogP contribution < -0.4 is 9.47 Å². The second kappa shape index (κ2) is 10.7. The maximum absolute atomic E-state index is 6.05. The first-order valence-corrected chi connectivity index (χ1v) is 11.3. The predicted molar refractivity (Wildman–Crippen MR) is 127 cm³/mol. The van der Waals surface area contributed by atoms with E-state index in [2.05, 4.69) is 85.5 Å². The SMILES string of the molecule is CCN(CC)CCOc1ccc2c(c1)c1ccc(OCCN(CC)CC)cc1n2C. The van der Waals surface area contributed by atoms with Crippen molar-refractivity contribution in [3.8, 4) is 11.5 Å². The zero-order valence-electron chi connectivity index (χ0n) is 19.3. The number of fused-ring (bicyclic) bond motifs is 3. The Labute approximate surface area is 181 Å². The summed E-state index contributed by atoms with van der Waals surface area (Å²) >= 11 is 0. The molecule has 0 saturated heterocycles. The minimum absolute atomic E-state index is 0.710. The molecule has 1 heterocycles. The van der Waals surface area contributed by atoms with Crippen molar-refractivity contribution in [1.82, 2.24) is 14.4 Å². The van der Waals surface area contributed by atoms with Gasteiger partial charge in [-0.15, -0.1) is 0 Å². The molecular weight excluding hydrogens is 374 g/mol. The van der Waals surface area contributed by atoms with Gasteiger partial charge in [0.05, 0.1) is 5.52 Å². The summed E-state index contributed by atoms with van der Waals surface area (Å²) in [5.41, 5.74) is 2.40. The van der Waals surface area contributed by atoms with E-state index in [0.29, 0.717) is 13.2 Å².